The molecule has 0 unspecified atom stereocenters. The first-order valence-corrected chi connectivity index (χ1v) is 11.7. The molecule has 4 rings (SSSR count). The molecule has 32 heavy (non-hydrogen) atoms. The lowest BCUT2D eigenvalue weighted by Crippen LogP contribution is -2.44. The van der Waals surface area contributed by atoms with Crippen molar-refractivity contribution in [2.75, 3.05) is 24.3 Å². The topological polar surface area (TPSA) is 65.1 Å². The van der Waals surface area contributed by atoms with Gasteiger partial charge in [0.25, 0.3) is 0 Å². The summed E-state index contributed by atoms with van der Waals surface area (Å²) in [7, 11) is 4.04. The molecule has 1 saturated carbocycles. The first kappa shape index (κ1) is 22.3. The SMILES string of the molecule is Cc1ccccc1CNC(=S)N[C@H]1CC[C@@H](Nc2nc(N(C)C)c3ccccc3n2)CC1. The third kappa shape index (κ3) is 5.46. The molecule has 1 aliphatic carbocycles. The minimum Gasteiger partial charge on any atom is -0.362 e. The minimum atomic E-state index is 0.373. The normalized spacial score (nSPS) is 18.2. The lowest BCUT2D eigenvalue weighted by Gasteiger charge is -2.30. The molecule has 1 heterocycles. The van der Waals surface area contributed by atoms with E-state index in [1.807, 2.05) is 37.2 Å². The highest BCUT2D eigenvalue weighted by Gasteiger charge is 2.22. The average molecular weight is 449 g/mol. The number of fused-ring (bicyclic) bond motifs is 1. The first-order valence-electron chi connectivity index (χ1n) is 11.3. The molecule has 1 aliphatic rings. The summed E-state index contributed by atoms with van der Waals surface area (Å²) < 4.78 is 0. The summed E-state index contributed by atoms with van der Waals surface area (Å²) in [5.41, 5.74) is 3.52. The van der Waals surface area contributed by atoms with Gasteiger partial charge < -0.3 is 20.9 Å². The molecule has 1 fully saturated rings. The Bertz CT molecular complexity index is 1070. The molecule has 0 saturated heterocycles. The minimum absolute atomic E-state index is 0.373. The van der Waals surface area contributed by atoms with Gasteiger partial charge in [0.2, 0.25) is 5.95 Å². The summed E-state index contributed by atoms with van der Waals surface area (Å²) in [6.45, 7) is 2.88. The van der Waals surface area contributed by atoms with Gasteiger partial charge in [-0.25, -0.2) is 4.98 Å². The quantitative estimate of drug-likeness (QED) is 0.483. The van der Waals surface area contributed by atoms with Crippen LogP contribution in [-0.4, -0.2) is 41.3 Å². The van der Waals surface area contributed by atoms with Crippen molar-refractivity contribution < 1.29 is 0 Å². The number of hydrogen-bond acceptors (Lipinski definition) is 5. The Hall–Kier alpha value is -2.93. The van der Waals surface area contributed by atoms with Gasteiger partial charge in [0.05, 0.1) is 5.52 Å². The lowest BCUT2D eigenvalue weighted by atomic mass is 9.91. The van der Waals surface area contributed by atoms with Crippen LogP contribution in [0.3, 0.4) is 0 Å². The predicted molar refractivity (Wildman–Crippen MR) is 137 cm³/mol. The van der Waals surface area contributed by atoms with E-state index in [0.717, 1.165) is 54.1 Å². The number of thiocarbonyl (C=S) groups is 1. The van der Waals surface area contributed by atoms with Crippen LogP contribution in [0.5, 0.6) is 0 Å². The summed E-state index contributed by atoms with van der Waals surface area (Å²) in [4.78, 5) is 11.6. The van der Waals surface area contributed by atoms with Crippen molar-refractivity contribution in [2.45, 2.75) is 51.2 Å². The molecular formula is C25H32N6S. The number of rotatable bonds is 6. The van der Waals surface area contributed by atoms with Crippen LogP contribution in [0.1, 0.15) is 36.8 Å². The molecule has 0 amide bonds. The molecule has 168 valence electrons. The average Bonchev–Trinajstić information content (AvgIpc) is 2.79. The Morgan fingerprint density at radius 2 is 1.66 bits per heavy atom. The summed E-state index contributed by atoms with van der Waals surface area (Å²) >= 11 is 5.53. The van der Waals surface area contributed by atoms with Crippen molar-refractivity contribution in [3.8, 4) is 0 Å². The molecule has 0 radical (unpaired) electrons. The summed E-state index contributed by atoms with van der Waals surface area (Å²) in [5, 5.41) is 12.2. The van der Waals surface area contributed by atoms with Crippen molar-refractivity contribution >= 4 is 40.0 Å². The number of nitrogens with zero attached hydrogens (tertiary/aromatic N) is 3. The number of hydrogen-bond donors (Lipinski definition) is 3. The zero-order valence-electron chi connectivity index (χ0n) is 19.1. The second-order valence-electron chi connectivity index (χ2n) is 8.73. The third-order valence-corrected chi connectivity index (χ3v) is 6.37. The van der Waals surface area contributed by atoms with Crippen LogP contribution in [0.2, 0.25) is 0 Å². The summed E-state index contributed by atoms with van der Waals surface area (Å²) in [6.07, 6.45) is 4.26. The monoisotopic (exact) mass is 448 g/mol. The Kier molecular flexibility index (Phi) is 7.05. The van der Waals surface area contributed by atoms with E-state index in [2.05, 4.69) is 53.2 Å². The number of nitrogens with one attached hydrogen (secondary N) is 3. The van der Waals surface area contributed by atoms with Gasteiger partial charge in [0, 0.05) is 38.1 Å². The fraction of sp³-hybridized carbons (Fsp3) is 0.400. The van der Waals surface area contributed by atoms with E-state index < -0.39 is 0 Å². The van der Waals surface area contributed by atoms with Crippen LogP contribution in [0.4, 0.5) is 11.8 Å². The van der Waals surface area contributed by atoms with Gasteiger partial charge in [-0.3, -0.25) is 0 Å². The number of benzene rings is 2. The largest absolute Gasteiger partial charge is 0.362 e. The van der Waals surface area contributed by atoms with Crippen molar-refractivity contribution in [3.63, 3.8) is 0 Å². The maximum atomic E-state index is 5.53. The fourth-order valence-corrected chi connectivity index (χ4v) is 4.49. The second kappa shape index (κ2) is 10.1. The zero-order chi connectivity index (χ0) is 22.5. The number of aromatic nitrogens is 2. The van der Waals surface area contributed by atoms with E-state index >= 15 is 0 Å². The smallest absolute Gasteiger partial charge is 0.225 e. The van der Waals surface area contributed by atoms with E-state index in [1.165, 1.54) is 11.1 Å². The zero-order valence-corrected chi connectivity index (χ0v) is 19.9. The molecule has 0 aliphatic heterocycles. The van der Waals surface area contributed by atoms with Crippen LogP contribution >= 0.6 is 12.2 Å². The van der Waals surface area contributed by atoms with Gasteiger partial charge in [-0.1, -0.05) is 36.4 Å². The van der Waals surface area contributed by atoms with Crippen molar-refractivity contribution in [2.24, 2.45) is 0 Å². The van der Waals surface area contributed by atoms with Gasteiger partial charge in [0.15, 0.2) is 5.11 Å². The Labute approximate surface area is 195 Å². The molecule has 2 aromatic carbocycles. The van der Waals surface area contributed by atoms with E-state index in [-0.39, 0.29) is 0 Å². The summed E-state index contributed by atoms with van der Waals surface area (Å²) in [5.74, 6) is 1.65. The van der Waals surface area contributed by atoms with Crippen LogP contribution in [0, 0.1) is 6.92 Å². The highest BCUT2D eigenvalue weighted by atomic mass is 32.1. The molecular weight excluding hydrogens is 416 g/mol. The first-order chi connectivity index (χ1) is 15.5. The second-order valence-corrected chi connectivity index (χ2v) is 9.14. The van der Waals surface area contributed by atoms with E-state index in [0.29, 0.717) is 18.0 Å². The van der Waals surface area contributed by atoms with Crippen molar-refractivity contribution in [1.82, 2.24) is 20.6 Å². The maximum Gasteiger partial charge on any atom is 0.225 e. The molecule has 7 heteroatoms. The lowest BCUT2D eigenvalue weighted by molar-refractivity contribution is 0.385. The number of anilines is 2. The summed E-state index contributed by atoms with van der Waals surface area (Å²) in [6, 6.07) is 17.3. The van der Waals surface area contributed by atoms with E-state index in [4.69, 9.17) is 22.2 Å². The van der Waals surface area contributed by atoms with Gasteiger partial charge in [0.1, 0.15) is 5.82 Å². The van der Waals surface area contributed by atoms with Crippen LogP contribution < -0.4 is 20.9 Å². The fourth-order valence-electron chi connectivity index (χ4n) is 4.25. The third-order valence-electron chi connectivity index (χ3n) is 6.10. The standard InChI is InChI=1S/C25H32N6S/c1-17-8-4-5-9-18(17)16-26-25(32)28-20-14-12-19(13-15-20)27-24-29-22-11-7-6-10-21(22)23(30-24)31(2)3/h4-11,19-20H,12-16H2,1-3H3,(H2,26,28,32)(H,27,29,30)/t19-,20+. The highest BCUT2D eigenvalue weighted by Crippen LogP contribution is 2.26. The van der Waals surface area contributed by atoms with Crippen LogP contribution in [-0.2, 0) is 6.54 Å². The van der Waals surface area contributed by atoms with E-state index in [9.17, 15) is 0 Å². The van der Waals surface area contributed by atoms with Crippen molar-refractivity contribution in [1.29, 1.82) is 0 Å². The molecule has 3 aromatic rings. The number of para-hydroxylation sites is 1. The molecule has 1 aromatic heterocycles. The van der Waals surface area contributed by atoms with Gasteiger partial charge in [-0.15, -0.1) is 0 Å². The van der Waals surface area contributed by atoms with Gasteiger partial charge in [-0.2, -0.15) is 4.98 Å². The number of aryl methyl sites for hydroxylation is 1. The molecule has 0 atom stereocenters. The predicted octanol–water partition coefficient (Wildman–Crippen LogP) is 4.39. The van der Waals surface area contributed by atoms with Gasteiger partial charge >= 0.3 is 0 Å². The maximum absolute atomic E-state index is 5.53. The molecule has 3 N–H and O–H groups in total. The Morgan fingerprint density at radius 1 is 0.969 bits per heavy atom. The van der Waals surface area contributed by atoms with Gasteiger partial charge in [-0.05, 0) is 68.1 Å². The Morgan fingerprint density at radius 3 is 2.41 bits per heavy atom. The highest BCUT2D eigenvalue weighted by molar-refractivity contribution is 7.80. The van der Waals surface area contributed by atoms with Crippen LogP contribution in [0.25, 0.3) is 10.9 Å². The molecule has 6 nitrogen and oxygen atoms in total. The van der Waals surface area contributed by atoms with Crippen LogP contribution in [0.15, 0.2) is 48.5 Å². The Balaban J connectivity index is 1.29. The van der Waals surface area contributed by atoms with Crippen molar-refractivity contribution in [3.05, 3.63) is 59.7 Å². The molecule has 0 bridgehead atoms. The van der Waals surface area contributed by atoms with E-state index in [1.54, 1.807) is 0 Å². The molecule has 0 spiro atoms.